The van der Waals surface area contributed by atoms with Gasteiger partial charge in [-0.05, 0) is 55.3 Å². The number of H-pyrrole nitrogens is 1. The van der Waals surface area contributed by atoms with E-state index in [1.54, 1.807) is 30.3 Å². The number of fused-ring (bicyclic) bond motifs is 3. The second-order valence-electron chi connectivity index (χ2n) is 11.1. The van der Waals surface area contributed by atoms with E-state index in [-0.39, 0.29) is 45.9 Å². The van der Waals surface area contributed by atoms with E-state index in [1.165, 1.54) is 37.3 Å². The number of esters is 1. The van der Waals surface area contributed by atoms with Gasteiger partial charge >= 0.3 is 12.1 Å². The number of aromatic amines is 1. The number of amides is 3. The fourth-order valence-corrected chi connectivity index (χ4v) is 6.12. The Morgan fingerprint density at radius 2 is 1.89 bits per heavy atom. The summed E-state index contributed by atoms with van der Waals surface area (Å²) in [6.07, 6.45) is -0.105. The van der Waals surface area contributed by atoms with Crippen molar-refractivity contribution in [3.63, 3.8) is 0 Å². The smallest absolute Gasteiger partial charge is 0.422 e. The molecule has 236 valence electrons. The van der Waals surface area contributed by atoms with Crippen LogP contribution in [0.5, 0.6) is 5.75 Å². The van der Waals surface area contributed by atoms with E-state index in [0.29, 0.717) is 30.5 Å². The van der Waals surface area contributed by atoms with Crippen molar-refractivity contribution in [3.8, 4) is 5.75 Å². The first-order valence-electron chi connectivity index (χ1n) is 14.5. The van der Waals surface area contributed by atoms with Gasteiger partial charge < -0.3 is 25.1 Å². The molecule has 3 N–H and O–H groups in total. The Morgan fingerprint density at radius 1 is 1.11 bits per heavy atom. The lowest BCUT2D eigenvalue weighted by atomic mass is 9.83. The maximum absolute atomic E-state index is 15.7. The molecule has 1 fully saturated rings. The van der Waals surface area contributed by atoms with Crippen LogP contribution < -0.4 is 25.8 Å². The van der Waals surface area contributed by atoms with Crippen molar-refractivity contribution in [2.24, 2.45) is 0 Å². The first-order valence-corrected chi connectivity index (χ1v) is 14.9. The van der Waals surface area contributed by atoms with Crippen LogP contribution in [0.1, 0.15) is 41.3 Å². The van der Waals surface area contributed by atoms with Crippen LogP contribution in [0.4, 0.5) is 14.9 Å². The molecule has 4 aromatic rings. The maximum atomic E-state index is 15.7. The van der Waals surface area contributed by atoms with Crippen molar-refractivity contribution in [2.45, 2.75) is 37.8 Å². The fraction of sp³-hybridized carbons (Fsp3) is 0.242. The van der Waals surface area contributed by atoms with Gasteiger partial charge in [0.15, 0.2) is 11.4 Å². The van der Waals surface area contributed by atoms with Crippen LogP contribution in [0.15, 0.2) is 71.5 Å². The van der Waals surface area contributed by atoms with Crippen molar-refractivity contribution >= 4 is 52.1 Å². The van der Waals surface area contributed by atoms with Gasteiger partial charge in [-0.1, -0.05) is 41.9 Å². The summed E-state index contributed by atoms with van der Waals surface area (Å²) in [6, 6.07) is 15.6. The van der Waals surface area contributed by atoms with E-state index < -0.39 is 46.9 Å². The molecule has 0 radical (unpaired) electrons. The molecule has 0 aliphatic carbocycles. The molecule has 11 nitrogen and oxygen atoms in total. The molecular weight excluding hydrogens is 619 g/mol. The molecule has 13 heteroatoms. The number of hydrogen-bond acceptors (Lipinski definition) is 8. The molecule has 2 aliphatic heterocycles. The fourth-order valence-electron chi connectivity index (χ4n) is 5.96. The summed E-state index contributed by atoms with van der Waals surface area (Å²) < 4.78 is 26.7. The zero-order chi connectivity index (χ0) is 32.6. The summed E-state index contributed by atoms with van der Waals surface area (Å²) in [4.78, 5) is 68.6. The molecule has 6 rings (SSSR count). The average Bonchev–Trinajstić information content (AvgIpc) is 3.02. The van der Waals surface area contributed by atoms with Crippen LogP contribution in [0.25, 0.3) is 10.9 Å². The van der Waals surface area contributed by atoms with E-state index in [0.717, 1.165) is 11.0 Å². The van der Waals surface area contributed by atoms with Gasteiger partial charge in [-0.25, -0.2) is 14.1 Å². The molecule has 3 heterocycles. The number of hydrogen-bond donors (Lipinski definition) is 3. The quantitative estimate of drug-likeness (QED) is 0.262. The molecule has 1 spiro atoms. The molecule has 3 amide bonds. The number of halogens is 2. The predicted molar refractivity (Wildman–Crippen MR) is 166 cm³/mol. The van der Waals surface area contributed by atoms with Crippen molar-refractivity contribution in [1.82, 2.24) is 15.6 Å². The normalized spacial score (nSPS) is 18.1. The molecule has 0 bridgehead atoms. The summed E-state index contributed by atoms with van der Waals surface area (Å²) in [5, 5.41) is 5.94. The standard InChI is InChI=1S/C33H28ClFN4O7/c1-18(40)45-26-16-27(41)37-23-10-8-20(15-21(23)26)30(42)38-24(14-19-6-3-2-4-7-19)31(43)39-25-11-9-22(34)29(35)28(25)33(46-32(39)44)12-5-13-36-17-33/h2-4,6-11,15-16,24,36H,5,12-14,17H2,1H3,(H,37,41)(H,38,42)/t24-,33-/m0/s1. The van der Waals surface area contributed by atoms with Crippen molar-refractivity contribution < 1.29 is 33.0 Å². The first-order chi connectivity index (χ1) is 22.1. The highest BCUT2D eigenvalue weighted by Gasteiger charge is 2.50. The minimum absolute atomic E-state index is 0.00791. The van der Waals surface area contributed by atoms with Gasteiger partial charge in [0.1, 0.15) is 11.8 Å². The number of carbonyl (C=O) groups excluding carboxylic acids is 4. The van der Waals surface area contributed by atoms with Crippen molar-refractivity contribution in [2.75, 3.05) is 18.0 Å². The van der Waals surface area contributed by atoms with Gasteiger partial charge in [0.05, 0.1) is 21.8 Å². The summed E-state index contributed by atoms with van der Waals surface area (Å²) >= 11 is 6.16. The van der Waals surface area contributed by atoms with Crippen LogP contribution in [0.2, 0.25) is 5.02 Å². The number of rotatable bonds is 6. The van der Waals surface area contributed by atoms with Gasteiger partial charge in [-0.3, -0.25) is 19.2 Å². The Hall–Kier alpha value is -5.07. The summed E-state index contributed by atoms with van der Waals surface area (Å²) in [7, 11) is 0. The van der Waals surface area contributed by atoms with Crippen LogP contribution in [-0.2, 0) is 26.3 Å². The van der Waals surface area contributed by atoms with Crippen LogP contribution in [0, 0.1) is 5.82 Å². The SMILES string of the molecule is CC(=O)Oc1cc(=O)[nH]c2ccc(C(=O)N[C@@H](Cc3ccccc3)C(=O)N3C(=O)O[C@]4(CCCNC4)c4c3ccc(Cl)c4F)cc12. The molecule has 2 aliphatic rings. The summed E-state index contributed by atoms with van der Waals surface area (Å²) in [5.41, 5.74) is -0.823. The van der Waals surface area contributed by atoms with Crippen molar-refractivity contribution in [3.05, 3.63) is 105 Å². The van der Waals surface area contributed by atoms with E-state index in [4.69, 9.17) is 21.1 Å². The zero-order valence-corrected chi connectivity index (χ0v) is 25.3. The second-order valence-corrected chi connectivity index (χ2v) is 11.5. The van der Waals surface area contributed by atoms with Crippen LogP contribution >= 0.6 is 11.6 Å². The van der Waals surface area contributed by atoms with E-state index in [9.17, 15) is 24.0 Å². The van der Waals surface area contributed by atoms with Gasteiger partial charge in [0.25, 0.3) is 17.4 Å². The Morgan fingerprint density at radius 3 is 2.61 bits per heavy atom. The number of benzene rings is 3. The highest BCUT2D eigenvalue weighted by molar-refractivity contribution is 6.31. The van der Waals surface area contributed by atoms with Gasteiger partial charge in [0, 0.05) is 36.9 Å². The number of carbonyl (C=O) groups is 4. The molecular formula is C33H28ClFN4O7. The Kier molecular flexibility index (Phi) is 8.32. The Labute approximate surface area is 266 Å². The van der Waals surface area contributed by atoms with Crippen LogP contribution in [-0.4, -0.2) is 48.0 Å². The third kappa shape index (κ3) is 5.84. The van der Waals surface area contributed by atoms with Gasteiger partial charge in [-0.15, -0.1) is 0 Å². The highest BCUT2D eigenvalue weighted by atomic mass is 35.5. The molecule has 0 saturated carbocycles. The predicted octanol–water partition coefficient (Wildman–Crippen LogP) is 4.35. The first kappa shape index (κ1) is 30.9. The van der Waals surface area contributed by atoms with Crippen molar-refractivity contribution in [1.29, 1.82) is 0 Å². The lowest BCUT2D eigenvalue weighted by Crippen LogP contribution is -2.58. The molecule has 46 heavy (non-hydrogen) atoms. The number of ether oxygens (including phenoxy) is 2. The third-order valence-electron chi connectivity index (χ3n) is 8.01. The largest absolute Gasteiger partial charge is 0.436 e. The molecule has 3 aromatic carbocycles. The number of pyridine rings is 1. The number of nitrogens with zero attached hydrogens (tertiary/aromatic N) is 1. The van der Waals surface area contributed by atoms with E-state index in [1.807, 2.05) is 0 Å². The monoisotopic (exact) mass is 646 g/mol. The number of aromatic nitrogens is 1. The molecule has 0 unspecified atom stereocenters. The van der Waals surface area contributed by atoms with E-state index in [2.05, 4.69) is 15.6 Å². The number of anilines is 1. The lowest BCUT2D eigenvalue weighted by Gasteiger charge is -2.44. The molecule has 1 saturated heterocycles. The Balaban J connectivity index is 1.38. The maximum Gasteiger partial charge on any atom is 0.422 e. The van der Waals surface area contributed by atoms with Crippen LogP contribution in [0.3, 0.4) is 0 Å². The minimum Gasteiger partial charge on any atom is -0.436 e. The number of nitrogens with one attached hydrogen (secondary N) is 3. The average molecular weight is 647 g/mol. The number of imide groups is 1. The topological polar surface area (TPSA) is 147 Å². The van der Waals surface area contributed by atoms with E-state index >= 15 is 4.39 Å². The van der Waals surface area contributed by atoms with Gasteiger partial charge in [-0.2, -0.15) is 0 Å². The minimum atomic E-state index is -1.36. The zero-order valence-electron chi connectivity index (χ0n) is 24.5. The highest BCUT2D eigenvalue weighted by Crippen LogP contribution is 2.46. The van der Waals surface area contributed by atoms with Gasteiger partial charge in [0.2, 0.25) is 0 Å². The molecule has 1 aromatic heterocycles. The molecule has 2 atom stereocenters. The Bertz CT molecular complexity index is 1940. The summed E-state index contributed by atoms with van der Waals surface area (Å²) in [5.74, 6) is -3.05. The third-order valence-corrected chi connectivity index (χ3v) is 8.30. The second kappa shape index (κ2) is 12.4. The number of piperidine rings is 1. The lowest BCUT2D eigenvalue weighted by molar-refractivity contribution is -0.131. The summed E-state index contributed by atoms with van der Waals surface area (Å²) in [6.45, 7) is 1.97.